The number of quaternary nitrogens is 1. The fourth-order valence-electron chi connectivity index (χ4n) is 2.99. The Labute approximate surface area is 173 Å². The topological polar surface area (TPSA) is 40.9 Å². The third-order valence-corrected chi connectivity index (χ3v) is 5.59. The monoisotopic (exact) mass is 419 g/mol. The third kappa shape index (κ3) is 4.89. The summed E-state index contributed by atoms with van der Waals surface area (Å²) in [6.45, 7) is 1.32. The average molecular weight is 420 g/mol. The molecule has 1 N–H and O–H groups in total. The van der Waals surface area contributed by atoms with E-state index < -0.39 is 11.6 Å². The molecule has 2 aromatic carbocycles. The van der Waals surface area contributed by atoms with Crippen molar-refractivity contribution in [3.8, 4) is 0 Å². The van der Waals surface area contributed by atoms with Crippen molar-refractivity contribution in [2.45, 2.75) is 6.42 Å². The molecule has 0 bridgehead atoms. The molecule has 0 radical (unpaired) electrons. The fraction of sp³-hybridized carbons (Fsp3) is 0.333. The fourth-order valence-corrected chi connectivity index (χ4v) is 4.02. The molecule has 29 heavy (non-hydrogen) atoms. The first kappa shape index (κ1) is 21.1. The number of nitrogens with zero attached hydrogens (tertiary/aromatic N) is 3. The van der Waals surface area contributed by atoms with E-state index in [4.69, 9.17) is 0 Å². The number of thiazole rings is 1. The number of benzene rings is 2. The van der Waals surface area contributed by atoms with Crippen molar-refractivity contribution >= 4 is 38.3 Å². The maximum atomic E-state index is 14.1. The van der Waals surface area contributed by atoms with Crippen LogP contribution in [0.5, 0.6) is 0 Å². The Kier molecular flexibility index (Phi) is 6.44. The largest absolute Gasteiger partial charge is 0.378 e. The van der Waals surface area contributed by atoms with E-state index in [1.807, 2.05) is 45.2 Å². The highest BCUT2D eigenvalue weighted by atomic mass is 32.1. The first-order valence-corrected chi connectivity index (χ1v) is 10.2. The maximum Gasteiger partial charge on any atom is 0.260 e. The zero-order chi connectivity index (χ0) is 21.1. The molecule has 0 fully saturated rings. The molecule has 1 aromatic heterocycles. The number of amides is 1. The molecule has 3 rings (SSSR count). The molecule has 0 unspecified atom stereocenters. The SMILES string of the molecule is CN(C)c1ccc(C(=O)N(CCC[NH+](C)C)c2nc3c(F)cc(F)cc3s2)cc1. The number of rotatable bonds is 7. The van der Waals surface area contributed by atoms with E-state index >= 15 is 0 Å². The molecule has 0 spiro atoms. The first-order valence-electron chi connectivity index (χ1n) is 9.40. The Hall–Kier alpha value is -2.58. The van der Waals surface area contributed by atoms with Gasteiger partial charge in [-0.25, -0.2) is 13.8 Å². The van der Waals surface area contributed by atoms with Crippen LogP contribution >= 0.6 is 11.3 Å². The van der Waals surface area contributed by atoms with Crippen LogP contribution in [0.1, 0.15) is 16.8 Å². The zero-order valence-corrected chi connectivity index (χ0v) is 17.8. The molecule has 5 nitrogen and oxygen atoms in total. The van der Waals surface area contributed by atoms with Gasteiger partial charge in [-0.2, -0.15) is 0 Å². The van der Waals surface area contributed by atoms with Crippen molar-refractivity contribution in [3.63, 3.8) is 0 Å². The molecule has 0 aliphatic carbocycles. The van der Waals surface area contributed by atoms with E-state index in [1.165, 1.54) is 11.0 Å². The maximum absolute atomic E-state index is 14.1. The third-order valence-electron chi connectivity index (χ3n) is 4.57. The van der Waals surface area contributed by atoms with Gasteiger partial charge in [0.15, 0.2) is 10.9 Å². The van der Waals surface area contributed by atoms with Crippen LogP contribution < -0.4 is 14.7 Å². The van der Waals surface area contributed by atoms with Gasteiger partial charge >= 0.3 is 0 Å². The molecule has 0 atom stereocenters. The van der Waals surface area contributed by atoms with E-state index in [9.17, 15) is 13.6 Å². The number of carbonyl (C=O) groups excluding carboxylic acids is 1. The minimum atomic E-state index is -0.719. The minimum Gasteiger partial charge on any atom is -0.378 e. The van der Waals surface area contributed by atoms with Crippen molar-refractivity contribution in [2.75, 3.05) is 51.1 Å². The molecule has 8 heteroatoms. The number of halogens is 2. The van der Waals surface area contributed by atoms with Crippen LogP contribution in [0.2, 0.25) is 0 Å². The zero-order valence-electron chi connectivity index (χ0n) is 17.0. The van der Waals surface area contributed by atoms with Gasteiger partial charge in [0.1, 0.15) is 11.3 Å². The van der Waals surface area contributed by atoms with Gasteiger partial charge in [0.05, 0.1) is 25.3 Å². The summed E-state index contributed by atoms with van der Waals surface area (Å²) < 4.78 is 28.1. The predicted octanol–water partition coefficient (Wildman–Crippen LogP) is 2.82. The summed E-state index contributed by atoms with van der Waals surface area (Å²) in [6, 6.07) is 9.36. The van der Waals surface area contributed by atoms with Gasteiger partial charge in [-0.15, -0.1) is 0 Å². The highest BCUT2D eigenvalue weighted by Crippen LogP contribution is 2.32. The Morgan fingerprint density at radius 3 is 2.45 bits per heavy atom. The second kappa shape index (κ2) is 8.84. The van der Waals surface area contributed by atoms with Crippen molar-refractivity contribution in [1.29, 1.82) is 0 Å². The number of anilines is 2. The Bertz CT molecular complexity index is 1000. The number of hydrogen-bond donors (Lipinski definition) is 1. The van der Waals surface area contributed by atoms with Crippen molar-refractivity contribution in [1.82, 2.24) is 4.98 Å². The van der Waals surface area contributed by atoms with Crippen LogP contribution in [0.25, 0.3) is 10.2 Å². The van der Waals surface area contributed by atoms with E-state index in [0.29, 0.717) is 21.9 Å². The summed E-state index contributed by atoms with van der Waals surface area (Å²) in [5, 5.41) is 0.375. The van der Waals surface area contributed by atoms with Crippen molar-refractivity contribution < 1.29 is 18.5 Å². The van der Waals surface area contributed by atoms with Crippen LogP contribution in [-0.4, -0.2) is 52.2 Å². The summed E-state index contributed by atoms with van der Waals surface area (Å²) in [6.07, 6.45) is 0.761. The molecule has 0 saturated carbocycles. The summed E-state index contributed by atoms with van der Waals surface area (Å²) in [7, 11) is 7.95. The van der Waals surface area contributed by atoms with E-state index in [0.717, 1.165) is 36.1 Å². The van der Waals surface area contributed by atoms with Crippen molar-refractivity contribution in [2.24, 2.45) is 0 Å². The van der Waals surface area contributed by atoms with Crippen LogP contribution in [-0.2, 0) is 0 Å². The first-order chi connectivity index (χ1) is 13.8. The lowest BCUT2D eigenvalue weighted by Crippen LogP contribution is -3.05. The smallest absolute Gasteiger partial charge is 0.260 e. The molecular weight excluding hydrogens is 394 g/mol. The highest BCUT2D eigenvalue weighted by Gasteiger charge is 2.23. The van der Waals surface area contributed by atoms with Crippen LogP contribution in [0.3, 0.4) is 0 Å². The number of carbonyl (C=O) groups is 1. The lowest BCUT2D eigenvalue weighted by Gasteiger charge is -2.21. The molecular formula is C21H25F2N4OS+. The van der Waals surface area contributed by atoms with E-state index in [-0.39, 0.29) is 11.4 Å². The second-order valence-corrected chi connectivity index (χ2v) is 8.45. The van der Waals surface area contributed by atoms with E-state index in [2.05, 4.69) is 4.98 Å². The normalized spacial score (nSPS) is 11.3. The number of aromatic nitrogens is 1. The summed E-state index contributed by atoms with van der Waals surface area (Å²) in [4.78, 5) is 22.3. The number of nitrogens with one attached hydrogen (secondary N) is 1. The van der Waals surface area contributed by atoms with Gasteiger partial charge < -0.3 is 9.80 Å². The number of fused-ring (bicyclic) bond motifs is 1. The lowest BCUT2D eigenvalue weighted by molar-refractivity contribution is -0.858. The van der Waals surface area contributed by atoms with Crippen LogP contribution in [0.15, 0.2) is 36.4 Å². The van der Waals surface area contributed by atoms with Crippen LogP contribution in [0, 0.1) is 11.6 Å². The van der Waals surface area contributed by atoms with Gasteiger partial charge in [-0.1, -0.05) is 11.3 Å². The summed E-state index contributed by atoms with van der Waals surface area (Å²) in [5.41, 5.74) is 1.60. The van der Waals surface area contributed by atoms with Crippen molar-refractivity contribution in [3.05, 3.63) is 53.6 Å². The molecule has 154 valence electrons. The molecule has 3 aromatic rings. The molecule has 0 aliphatic heterocycles. The summed E-state index contributed by atoms with van der Waals surface area (Å²) in [5.74, 6) is -1.58. The van der Waals surface area contributed by atoms with Crippen LogP contribution in [0.4, 0.5) is 19.6 Å². The van der Waals surface area contributed by atoms with Gasteiger partial charge in [0.25, 0.3) is 5.91 Å². The molecule has 0 saturated heterocycles. The molecule has 1 amide bonds. The quantitative estimate of drug-likeness (QED) is 0.640. The highest BCUT2D eigenvalue weighted by molar-refractivity contribution is 7.22. The Morgan fingerprint density at radius 1 is 1.14 bits per heavy atom. The Morgan fingerprint density at radius 2 is 1.83 bits per heavy atom. The average Bonchev–Trinajstić information content (AvgIpc) is 3.08. The second-order valence-electron chi connectivity index (χ2n) is 7.44. The minimum absolute atomic E-state index is 0.0883. The van der Waals surface area contributed by atoms with Gasteiger partial charge in [-0.3, -0.25) is 9.69 Å². The lowest BCUT2D eigenvalue weighted by atomic mass is 10.1. The predicted molar refractivity (Wildman–Crippen MR) is 114 cm³/mol. The van der Waals surface area contributed by atoms with Gasteiger partial charge in [-0.05, 0) is 30.3 Å². The van der Waals surface area contributed by atoms with Gasteiger partial charge in [0, 0.05) is 44.4 Å². The molecule has 0 aliphatic rings. The number of hydrogen-bond acceptors (Lipinski definition) is 4. The summed E-state index contributed by atoms with van der Waals surface area (Å²) >= 11 is 1.12. The van der Waals surface area contributed by atoms with E-state index in [1.54, 1.807) is 17.0 Å². The Balaban J connectivity index is 1.95. The standard InChI is InChI=1S/C21H24F2N4OS/c1-25(2)10-5-11-27(20(28)14-6-8-16(9-7-14)26(3)4)21-24-19-17(23)12-15(22)13-18(19)29-21/h6-9,12-13H,5,10-11H2,1-4H3/p+1. The molecule has 1 heterocycles. The van der Waals surface area contributed by atoms with Gasteiger partial charge in [0.2, 0.25) is 0 Å².